The molecule has 4 rings (SSSR count). The number of nitrogens with zero attached hydrogens (tertiary/aromatic N) is 7. The number of esters is 2. The summed E-state index contributed by atoms with van der Waals surface area (Å²) in [6.45, 7) is -0.540. The van der Waals surface area contributed by atoms with Gasteiger partial charge in [0.25, 0.3) is 5.95 Å². The number of rotatable bonds is 8. The average Bonchev–Trinajstić information content (AvgIpc) is 3.62. The van der Waals surface area contributed by atoms with Gasteiger partial charge in [-0.2, -0.15) is 15.1 Å². The number of hydrogen-bond donors (Lipinski definition) is 3. The zero-order valence-electron chi connectivity index (χ0n) is 18.9. The Morgan fingerprint density at radius 1 is 1.25 bits per heavy atom. The maximum Gasteiger partial charge on any atom is 0.341 e. The Labute approximate surface area is 201 Å². The van der Waals surface area contributed by atoms with Crippen LogP contribution in [0.2, 0.25) is 0 Å². The minimum Gasteiger partial charge on any atom is -0.468 e. The van der Waals surface area contributed by atoms with Gasteiger partial charge in [0.1, 0.15) is 30.5 Å². The van der Waals surface area contributed by atoms with Gasteiger partial charge in [0, 0.05) is 12.4 Å². The molecule has 0 radical (unpaired) electrons. The lowest BCUT2D eigenvalue weighted by Gasteiger charge is -2.16. The van der Waals surface area contributed by atoms with Crippen molar-refractivity contribution in [1.82, 2.24) is 29.3 Å². The molecule has 1 fully saturated rings. The summed E-state index contributed by atoms with van der Waals surface area (Å²) >= 11 is 0. The van der Waals surface area contributed by atoms with Crippen molar-refractivity contribution in [3.63, 3.8) is 0 Å². The number of aldehydes is 1. The third kappa shape index (κ3) is 4.44. The SMILES string of the molecule is COC(=O)c1cnn(-c2nc(N=CC(C=O)C(=O)OC)c3ncn([C@@H]4O[C@H](CO)[C@@H](O)[C@H]4O)c3n2)c1. The third-order valence-electron chi connectivity index (χ3n) is 5.37. The first kappa shape index (κ1) is 25.0. The Morgan fingerprint density at radius 2 is 2.03 bits per heavy atom. The van der Waals surface area contributed by atoms with Crippen LogP contribution in [0.3, 0.4) is 0 Å². The van der Waals surface area contributed by atoms with Crippen molar-refractivity contribution >= 4 is 41.4 Å². The van der Waals surface area contributed by atoms with E-state index in [4.69, 9.17) is 4.74 Å². The molecule has 0 bridgehead atoms. The third-order valence-corrected chi connectivity index (χ3v) is 5.37. The van der Waals surface area contributed by atoms with E-state index in [9.17, 15) is 29.7 Å². The van der Waals surface area contributed by atoms with Crippen LogP contribution in [0.1, 0.15) is 16.6 Å². The van der Waals surface area contributed by atoms with E-state index in [1.165, 1.54) is 30.4 Å². The number of aliphatic hydroxyl groups excluding tert-OH is 3. The van der Waals surface area contributed by atoms with Crippen LogP contribution in [0.4, 0.5) is 5.82 Å². The molecular formula is C20H21N7O9. The molecule has 5 atom stereocenters. The minimum atomic E-state index is -1.43. The molecule has 36 heavy (non-hydrogen) atoms. The molecule has 0 aromatic carbocycles. The second kappa shape index (κ2) is 10.2. The number of imidazole rings is 1. The van der Waals surface area contributed by atoms with Crippen molar-refractivity contribution in [2.75, 3.05) is 20.8 Å². The number of aliphatic hydroxyl groups is 3. The molecule has 1 unspecified atom stereocenters. The molecule has 16 heteroatoms. The summed E-state index contributed by atoms with van der Waals surface area (Å²) in [5.41, 5.74) is 0.260. The molecule has 0 amide bonds. The molecule has 3 N–H and O–H groups in total. The Morgan fingerprint density at radius 3 is 2.67 bits per heavy atom. The summed E-state index contributed by atoms with van der Waals surface area (Å²) in [6.07, 6.45) is 0.0929. The summed E-state index contributed by atoms with van der Waals surface area (Å²) in [7, 11) is 2.33. The predicted molar refractivity (Wildman–Crippen MR) is 117 cm³/mol. The van der Waals surface area contributed by atoms with Gasteiger partial charge in [0.15, 0.2) is 23.2 Å². The molecule has 16 nitrogen and oxygen atoms in total. The van der Waals surface area contributed by atoms with Crippen LogP contribution in [0.15, 0.2) is 23.7 Å². The number of aliphatic imine (C=N–C) groups is 1. The number of fused-ring (bicyclic) bond motifs is 1. The monoisotopic (exact) mass is 503 g/mol. The highest BCUT2D eigenvalue weighted by molar-refractivity contribution is 6.04. The van der Waals surface area contributed by atoms with Gasteiger partial charge in [-0.05, 0) is 0 Å². The lowest BCUT2D eigenvalue weighted by atomic mass is 10.1. The molecule has 0 spiro atoms. The predicted octanol–water partition coefficient (Wildman–Crippen LogP) is -1.90. The van der Waals surface area contributed by atoms with E-state index in [0.717, 1.165) is 18.0 Å². The first-order chi connectivity index (χ1) is 17.3. The Balaban J connectivity index is 1.84. The van der Waals surface area contributed by atoms with E-state index < -0.39 is 49.0 Å². The van der Waals surface area contributed by atoms with Crippen molar-refractivity contribution in [2.45, 2.75) is 24.5 Å². The van der Waals surface area contributed by atoms with Crippen LogP contribution < -0.4 is 0 Å². The first-order valence-electron chi connectivity index (χ1n) is 10.4. The standard InChI is InChI=1S/C20H21N7O9/c1-34-18(32)9-4-23-27(5-9)20-24-15(21-3-10(6-28)19(33)35-2)12-16(25-20)26(8-22-12)17-14(31)13(30)11(7-29)36-17/h3-6,8,10-11,13-14,17,29-31H,7H2,1-2H3/t10?,11-,13-,14-,17-/m1/s1. The molecule has 0 aliphatic carbocycles. The van der Waals surface area contributed by atoms with E-state index in [2.05, 4.69) is 34.5 Å². The summed E-state index contributed by atoms with van der Waals surface area (Å²) in [5, 5.41) is 34.1. The van der Waals surface area contributed by atoms with Gasteiger partial charge in [-0.25, -0.2) is 19.5 Å². The lowest BCUT2D eigenvalue weighted by molar-refractivity contribution is -0.144. The van der Waals surface area contributed by atoms with Crippen LogP contribution in [0.25, 0.3) is 17.1 Å². The van der Waals surface area contributed by atoms with Crippen LogP contribution >= 0.6 is 0 Å². The number of hydrogen-bond acceptors (Lipinski definition) is 14. The normalized spacial score (nSPS) is 22.7. The highest BCUT2D eigenvalue weighted by Crippen LogP contribution is 2.33. The fraction of sp³-hybridized carbons (Fsp3) is 0.400. The van der Waals surface area contributed by atoms with E-state index in [0.29, 0.717) is 6.29 Å². The largest absolute Gasteiger partial charge is 0.468 e. The summed E-state index contributed by atoms with van der Waals surface area (Å²) < 4.78 is 17.2. The van der Waals surface area contributed by atoms with Crippen molar-refractivity contribution in [1.29, 1.82) is 0 Å². The van der Waals surface area contributed by atoms with Gasteiger partial charge in [-0.3, -0.25) is 9.36 Å². The Bertz CT molecular complexity index is 1320. The molecule has 4 heterocycles. The minimum absolute atomic E-state index is 0.0674. The van der Waals surface area contributed by atoms with Gasteiger partial charge < -0.3 is 34.3 Å². The summed E-state index contributed by atoms with van der Waals surface area (Å²) in [4.78, 5) is 51.9. The molecule has 1 aliphatic heterocycles. The molecule has 0 saturated carbocycles. The Hall–Kier alpha value is -4.12. The summed E-state index contributed by atoms with van der Waals surface area (Å²) in [6, 6.07) is 0. The van der Waals surface area contributed by atoms with Crippen molar-refractivity contribution < 1.29 is 43.9 Å². The Kier molecular flexibility index (Phi) is 7.11. The first-order valence-corrected chi connectivity index (χ1v) is 10.4. The van der Waals surface area contributed by atoms with E-state index >= 15 is 0 Å². The maximum absolute atomic E-state index is 11.8. The maximum atomic E-state index is 11.8. The van der Waals surface area contributed by atoms with Gasteiger partial charge in [-0.1, -0.05) is 0 Å². The fourth-order valence-corrected chi connectivity index (χ4v) is 3.47. The topological polar surface area (TPSA) is 213 Å². The van der Waals surface area contributed by atoms with E-state index in [-0.39, 0.29) is 28.5 Å². The number of methoxy groups -OCH3 is 2. The highest BCUT2D eigenvalue weighted by Gasteiger charge is 2.44. The zero-order chi connectivity index (χ0) is 26.0. The number of ether oxygens (including phenoxy) is 3. The van der Waals surface area contributed by atoms with Crippen LogP contribution in [0, 0.1) is 5.92 Å². The molecule has 3 aromatic rings. The van der Waals surface area contributed by atoms with Gasteiger partial charge in [0.05, 0.1) is 38.9 Å². The quantitative estimate of drug-likeness (QED) is 0.133. The van der Waals surface area contributed by atoms with Crippen LogP contribution in [0.5, 0.6) is 0 Å². The average molecular weight is 503 g/mol. The summed E-state index contributed by atoms with van der Waals surface area (Å²) in [5.74, 6) is -3.00. The van der Waals surface area contributed by atoms with E-state index in [1.54, 1.807) is 0 Å². The second-order valence-electron chi connectivity index (χ2n) is 7.53. The zero-order valence-corrected chi connectivity index (χ0v) is 18.9. The van der Waals surface area contributed by atoms with Gasteiger partial charge >= 0.3 is 11.9 Å². The molecule has 190 valence electrons. The van der Waals surface area contributed by atoms with E-state index in [1.807, 2.05) is 0 Å². The second-order valence-corrected chi connectivity index (χ2v) is 7.53. The van der Waals surface area contributed by atoms with Crippen molar-refractivity contribution in [3.8, 4) is 5.95 Å². The number of aromatic nitrogens is 6. The molecule has 1 saturated heterocycles. The lowest BCUT2D eigenvalue weighted by Crippen LogP contribution is -2.33. The number of carbonyl (C=O) groups is 3. The van der Waals surface area contributed by atoms with Crippen LogP contribution in [-0.4, -0.2) is 108 Å². The fourth-order valence-electron chi connectivity index (χ4n) is 3.47. The molecule has 3 aromatic heterocycles. The molecule has 1 aliphatic rings. The highest BCUT2D eigenvalue weighted by atomic mass is 16.6. The molecular weight excluding hydrogens is 482 g/mol. The van der Waals surface area contributed by atoms with Crippen molar-refractivity contribution in [2.24, 2.45) is 10.9 Å². The van der Waals surface area contributed by atoms with Crippen LogP contribution in [-0.2, 0) is 23.8 Å². The number of carbonyl (C=O) groups excluding carboxylic acids is 3. The smallest absolute Gasteiger partial charge is 0.341 e. The van der Waals surface area contributed by atoms with Crippen molar-refractivity contribution in [3.05, 3.63) is 24.3 Å². The van der Waals surface area contributed by atoms with Gasteiger partial charge in [0.2, 0.25) is 0 Å². The van der Waals surface area contributed by atoms with Gasteiger partial charge in [-0.15, -0.1) is 0 Å².